The lowest BCUT2D eigenvalue weighted by molar-refractivity contribution is -0.137. The number of carbonyl (C=O) groups excluding carboxylic acids is 6. The monoisotopic (exact) mass is 733 g/mol. The van der Waals surface area contributed by atoms with Gasteiger partial charge in [-0.2, -0.15) is 0 Å². The van der Waals surface area contributed by atoms with Crippen molar-refractivity contribution in [2.75, 3.05) is 34.8 Å². The Labute approximate surface area is 311 Å². The number of carbonyl (C=O) groups is 7. The van der Waals surface area contributed by atoms with Gasteiger partial charge in [-0.25, -0.2) is 9.59 Å². The number of aliphatic carboxylic acids is 1. The Morgan fingerprint density at radius 1 is 0.722 bits per heavy atom. The summed E-state index contributed by atoms with van der Waals surface area (Å²) in [6.45, 7) is 2.57. The van der Waals surface area contributed by atoms with Crippen LogP contribution in [0.25, 0.3) is 0 Å². The lowest BCUT2D eigenvalue weighted by Gasteiger charge is -2.25. The first-order valence-electron chi connectivity index (χ1n) is 17.1. The number of Topliss-reactive ketones (excluding diaryl/α,β-unsaturated/α-hetero) is 2. The average molecular weight is 734 g/mol. The second-order valence-electron chi connectivity index (χ2n) is 12.5. The molecule has 0 radical (unpaired) electrons. The highest BCUT2D eigenvalue weighted by Crippen LogP contribution is 2.34. The SMILES string of the molecule is Cc1ccccc1C(=O)CN1C(=O)C(NC(=O)Nc2cccc(COC(=O)NCCCC(=O)O)c2)C(=O)N(CC(=O)c2ccccc2C)c2ccccc21. The first kappa shape index (κ1) is 38.4. The van der Waals surface area contributed by atoms with Crippen molar-refractivity contribution in [3.05, 3.63) is 125 Å². The number of aryl methyl sites for hydroxylation is 2. The molecule has 0 bridgehead atoms. The molecule has 0 saturated carbocycles. The molecule has 14 nitrogen and oxygen atoms in total. The fourth-order valence-electron chi connectivity index (χ4n) is 5.92. The van der Waals surface area contributed by atoms with E-state index in [1.807, 2.05) is 0 Å². The summed E-state index contributed by atoms with van der Waals surface area (Å²) in [4.78, 5) is 94.5. The summed E-state index contributed by atoms with van der Waals surface area (Å²) in [5.41, 5.74) is 3.30. The molecule has 4 aromatic carbocycles. The van der Waals surface area contributed by atoms with E-state index in [-0.39, 0.29) is 43.1 Å². The summed E-state index contributed by atoms with van der Waals surface area (Å²) in [5.74, 6) is -3.54. The van der Waals surface area contributed by atoms with Gasteiger partial charge in [-0.05, 0) is 61.2 Å². The topological polar surface area (TPSA) is 192 Å². The van der Waals surface area contributed by atoms with Gasteiger partial charge in [0.1, 0.15) is 6.61 Å². The lowest BCUT2D eigenvalue weighted by atomic mass is 10.0. The molecule has 14 heteroatoms. The van der Waals surface area contributed by atoms with Crippen molar-refractivity contribution in [2.24, 2.45) is 0 Å². The number of carboxylic acid groups (broad SMARTS) is 1. The third-order valence-electron chi connectivity index (χ3n) is 8.65. The Morgan fingerprint density at radius 3 is 1.80 bits per heavy atom. The standard InChI is InChI=1S/C40H39N5O9/c1-25-11-3-5-15-29(25)33(46)22-44-31-17-7-8-18-32(31)45(23-34(47)30-16-6-4-12-26(30)2)38(51)36(37(44)50)43-39(52)42-28-14-9-13-27(21-28)24-54-40(53)41-20-10-19-35(48)49/h3-9,11-18,21,36H,10,19-20,22-24H2,1-2H3,(H,41,53)(H,48,49)(H2,42,43,52). The van der Waals surface area contributed by atoms with E-state index in [9.17, 15) is 33.6 Å². The van der Waals surface area contributed by atoms with Crippen molar-refractivity contribution in [2.45, 2.75) is 39.3 Å². The highest BCUT2D eigenvalue weighted by molar-refractivity contribution is 6.24. The van der Waals surface area contributed by atoms with Crippen LogP contribution in [-0.2, 0) is 25.7 Å². The smallest absolute Gasteiger partial charge is 0.407 e. The number of benzene rings is 4. The van der Waals surface area contributed by atoms with Crippen LogP contribution in [0.3, 0.4) is 0 Å². The number of rotatable bonds is 14. The highest BCUT2D eigenvalue weighted by atomic mass is 16.5. The molecule has 1 heterocycles. The summed E-state index contributed by atoms with van der Waals surface area (Å²) < 4.78 is 5.17. The van der Waals surface area contributed by atoms with Crippen LogP contribution in [0, 0.1) is 13.8 Å². The van der Waals surface area contributed by atoms with Gasteiger partial charge < -0.3 is 35.6 Å². The second-order valence-corrected chi connectivity index (χ2v) is 12.5. The van der Waals surface area contributed by atoms with Crippen LogP contribution in [-0.4, -0.2) is 72.3 Å². The third kappa shape index (κ3) is 9.53. The number of anilines is 3. The van der Waals surface area contributed by atoms with E-state index in [4.69, 9.17) is 9.84 Å². The van der Waals surface area contributed by atoms with Crippen molar-refractivity contribution in [1.82, 2.24) is 10.6 Å². The molecule has 0 spiro atoms. The van der Waals surface area contributed by atoms with E-state index in [0.717, 1.165) is 9.80 Å². The van der Waals surface area contributed by atoms with Crippen LogP contribution in [0.2, 0.25) is 0 Å². The van der Waals surface area contributed by atoms with Crippen LogP contribution < -0.4 is 25.8 Å². The van der Waals surface area contributed by atoms with Gasteiger partial charge in [0, 0.05) is 29.8 Å². The van der Waals surface area contributed by atoms with Gasteiger partial charge in [0.15, 0.2) is 17.6 Å². The van der Waals surface area contributed by atoms with Gasteiger partial charge in [-0.15, -0.1) is 0 Å². The molecule has 54 heavy (non-hydrogen) atoms. The number of hydrogen-bond donors (Lipinski definition) is 4. The van der Waals surface area contributed by atoms with Crippen LogP contribution in [0.5, 0.6) is 0 Å². The summed E-state index contributed by atoms with van der Waals surface area (Å²) in [6, 6.07) is 23.7. The minimum Gasteiger partial charge on any atom is -0.481 e. The molecule has 278 valence electrons. The number of para-hydroxylation sites is 2. The fraction of sp³-hybridized carbons (Fsp3) is 0.225. The average Bonchev–Trinajstić information content (AvgIpc) is 3.22. The minimum absolute atomic E-state index is 0.103. The normalized spacial score (nSPS) is 12.7. The maximum Gasteiger partial charge on any atom is 0.407 e. The number of fused-ring (bicyclic) bond motifs is 1. The molecule has 4 N–H and O–H groups in total. The summed E-state index contributed by atoms with van der Waals surface area (Å²) in [7, 11) is 0. The van der Waals surface area contributed by atoms with Crippen LogP contribution in [0.15, 0.2) is 97.1 Å². The molecule has 0 aliphatic carbocycles. The van der Waals surface area contributed by atoms with Gasteiger partial charge in [-0.3, -0.25) is 24.0 Å². The number of nitrogens with one attached hydrogen (secondary N) is 3. The Morgan fingerprint density at radius 2 is 1.26 bits per heavy atom. The quantitative estimate of drug-likeness (QED) is 0.0782. The maximum absolute atomic E-state index is 14.4. The van der Waals surface area contributed by atoms with E-state index >= 15 is 0 Å². The zero-order valence-corrected chi connectivity index (χ0v) is 29.7. The minimum atomic E-state index is -1.84. The van der Waals surface area contributed by atoms with E-state index in [0.29, 0.717) is 27.8 Å². The van der Waals surface area contributed by atoms with Crippen molar-refractivity contribution in [3.63, 3.8) is 0 Å². The van der Waals surface area contributed by atoms with Crippen molar-refractivity contribution in [1.29, 1.82) is 0 Å². The summed E-state index contributed by atoms with van der Waals surface area (Å²) >= 11 is 0. The number of nitrogens with zero attached hydrogens (tertiary/aromatic N) is 2. The first-order chi connectivity index (χ1) is 25.9. The van der Waals surface area contributed by atoms with Gasteiger partial charge in [-0.1, -0.05) is 72.8 Å². The van der Waals surface area contributed by atoms with Gasteiger partial charge in [0.25, 0.3) is 11.8 Å². The Bertz CT molecular complexity index is 2000. The van der Waals surface area contributed by atoms with Crippen LogP contribution in [0.4, 0.5) is 26.7 Å². The fourth-order valence-corrected chi connectivity index (χ4v) is 5.92. The van der Waals surface area contributed by atoms with E-state index < -0.39 is 60.6 Å². The number of urea groups is 1. The number of ketones is 2. The molecule has 1 aliphatic rings. The van der Waals surface area contributed by atoms with Crippen LogP contribution >= 0.6 is 0 Å². The molecular weight excluding hydrogens is 694 g/mol. The number of amides is 5. The summed E-state index contributed by atoms with van der Waals surface area (Å²) in [6.07, 6.45) is -0.619. The zero-order chi connectivity index (χ0) is 38.8. The van der Waals surface area contributed by atoms with Crippen molar-refractivity contribution in [3.8, 4) is 0 Å². The Balaban J connectivity index is 1.39. The van der Waals surface area contributed by atoms with E-state index in [2.05, 4.69) is 16.0 Å². The molecule has 0 unspecified atom stereocenters. The maximum atomic E-state index is 14.4. The number of ether oxygens (including phenoxy) is 1. The Kier molecular flexibility index (Phi) is 12.5. The third-order valence-corrected chi connectivity index (χ3v) is 8.65. The Hall–Kier alpha value is -6.83. The van der Waals surface area contributed by atoms with Gasteiger partial charge in [0.2, 0.25) is 0 Å². The zero-order valence-electron chi connectivity index (χ0n) is 29.7. The predicted octanol–water partition coefficient (Wildman–Crippen LogP) is 5.03. The molecule has 0 aromatic heterocycles. The lowest BCUT2D eigenvalue weighted by Crippen LogP contribution is -2.57. The van der Waals surface area contributed by atoms with Gasteiger partial charge in [0.05, 0.1) is 24.5 Å². The number of carboxylic acids is 1. The van der Waals surface area contributed by atoms with E-state index in [1.54, 1.807) is 105 Å². The van der Waals surface area contributed by atoms with Crippen molar-refractivity contribution < 1.29 is 43.4 Å². The van der Waals surface area contributed by atoms with Crippen LogP contribution in [0.1, 0.15) is 50.2 Å². The molecule has 1 aliphatic heterocycles. The molecular formula is C40H39N5O9. The number of hydrogen-bond acceptors (Lipinski definition) is 8. The molecule has 5 amide bonds. The highest BCUT2D eigenvalue weighted by Gasteiger charge is 2.42. The van der Waals surface area contributed by atoms with Gasteiger partial charge >= 0.3 is 18.1 Å². The van der Waals surface area contributed by atoms with E-state index in [1.165, 1.54) is 6.07 Å². The molecule has 0 saturated heterocycles. The first-order valence-corrected chi connectivity index (χ1v) is 17.1. The molecule has 0 fully saturated rings. The molecule has 5 rings (SSSR count). The largest absolute Gasteiger partial charge is 0.481 e. The summed E-state index contributed by atoms with van der Waals surface area (Å²) in [5, 5.41) is 16.2. The number of alkyl carbamates (subject to hydrolysis) is 1. The molecule has 4 aromatic rings. The van der Waals surface area contributed by atoms with Crippen molar-refractivity contribution >= 4 is 58.5 Å². The predicted molar refractivity (Wildman–Crippen MR) is 200 cm³/mol. The molecule has 0 atom stereocenters. The second kappa shape index (κ2) is 17.6.